The van der Waals surface area contributed by atoms with E-state index in [1.807, 2.05) is 77.1 Å². The highest BCUT2D eigenvalue weighted by Gasteiger charge is 2.54. The maximum atomic E-state index is 13.6. The minimum absolute atomic E-state index is 0.00865. The van der Waals surface area contributed by atoms with Gasteiger partial charge in [0.2, 0.25) is 0 Å². The average molecular weight is 639 g/mol. The number of benzene rings is 3. The molecule has 0 amide bonds. The third-order valence-electron chi connectivity index (χ3n) is 9.14. The van der Waals surface area contributed by atoms with E-state index in [4.69, 9.17) is 14.2 Å². The van der Waals surface area contributed by atoms with E-state index in [9.17, 15) is 14.4 Å². The SMILES string of the molecule is CCc1ccc2c(c1)C(=O)OC21c2ccc(CC(=O)C(C)(C)CC(C)(C)C)cc2Oc2cc(OC(=O)C(C)(C)CC(C)(C)C)ccc21. The van der Waals surface area contributed by atoms with Crippen LogP contribution in [0.15, 0.2) is 54.6 Å². The van der Waals surface area contributed by atoms with Gasteiger partial charge in [-0.2, -0.15) is 0 Å². The zero-order valence-corrected chi connectivity index (χ0v) is 30.0. The number of esters is 2. The van der Waals surface area contributed by atoms with Crippen molar-refractivity contribution in [1.29, 1.82) is 0 Å². The lowest BCUT2D eigenvalue weighted by atomic mass is 9.72. The molecule has 250 valence electrons. The van der Waals surface area contributed by atoms with E-state index in [0.29, 0.717) is 40.4 Å². The number of carbonyl (C=O) groups is 3. The number of carbonyl (C=O) groups excluding carboxylic acids is 3. The normalized spacial score (nSPS) is 17.4. The third-order valence-corrected chi connectivity index (χ3v) is 9.14. The summed E-state index contributed by atoms with van der Waals surface area (Å²) in [6.07, 6.45) is 2.44. The van der Waals surface area contributed by atoms with E-state index in [0.717, 1.165) is 29.5 Å². The molecule has 0 N–H and O–H groups in total. The number of hydrogen-bond donors (Lipinski definition) is 0. The van der Waals surface area contributed by atoms with Crippen molar-refractivity contribution >= 4 is 17.7 Å². The topological polar surface area (TPSA) is 78.9 Å². The fourth-order valence-electron chi connectivity index (χ4n) is 7.69. The first-order valence-electron chi connectivity index (χ1n) is 16.7. The molecule has 2 aliphatic rings. The molecular weight excluding hydrogens is 588 g/mol. The highest BCUT2D eigenvalue weighted by Crippen LogP contribution is 2.57. The molecule has 2 aliphatic heterocycles. The molecule has 6 nitrogen and oxygen atoms in total. The fourth-order valence-corrected chi connectivity index (χ4v) is 7.69. The van der Waals surface area contributed by atoms with E-state index in [-0.39, 0.29) is 29.0 Å². The Morgan fingerprint density at radius 3 is 1.87 bits per heavy atom. The van der Waals surface area contributed by atoms with Crippen LogP contribution < -0.4 is 9.47 Å². The van der Waals surface area contributed by atoms with Crippen molar-refractivity contribution < 1.29 is 28.6 Å². The van der Waals surface area contributed by atoms with Crippen LogP contribution in [-0.2, 0) is 32.8 Å². The number of fused-ring (bicyclic) bond motifs is 6. The summed E-state index contributed by atoms with van der Waals surface area (Å²) in [5.41, 5.74) is 1.91. The summed E-state index contributed by atoms with van der Waals surface area (Å²) in [7, 11) is 0. The van der Waals surface area contributed by atoms with E-state index in [2.05, 4.69) is 41.5 Å². The molecule has 6 heteroatoms. The number of ketones is 1. The maximum Gasteiger partial charge on any atom is 0.340 e. The second kappa shape index (κ2) is 11.6. The summed E-state index contributed by atoms with van der Waals surface area (Å²) in [6.45, 7) is 22.6. The summed E-state index contributed by atoms with van der Waals surface area (Å²) in [5.74, 6) is 0.672. The van der Waals surface area contributed by atoms with Crippen LogP contribution in [0.4, 0.5) is 0 Å². The van der Waals surface area contributed by atoms with Crippen molar-refractivity contribution in [3.8, 4) is 17.2 Å². The highest BCUT2D eigenvalue weighted by atomic mass is 16.6. The van der Waals surface area contributed by atoms with Crippen molar-refractivity contribution in [2.45, 2.75) is 107 Å². The van der Waals surface area contributed by atoms with Crippen LogP contribution in [0.1, 0.15) is 127 Å². The minimum atomic E-state index is -1.26. The third kappa shape index (κ3) is 6.75. The molecule has 3 aromatic carbocycles. The summed E-state index contributed by atoms with van der Waals surface area (Å²) in [5, 5.41) is 0. The first kappa shape index (κ1) is 34.4. The van der Waals surface area contributed by atoms with Gasteiger partial charge in [-0.1, -0.05) is 86.6 Å². The van der Waals surface area contributed by atoms with Crippen LogP contribution in [0.3, 0.4) is 0 Å². The molecule has 1 spiro atoms. The molecule has 2 heterocycles. The number of Topliss-reactive ketones (excluding diaryl/α,β-unsaturated/α-hetero) is 1. The van der Waals surface area contributed by atoms with E-state index in [1.165, 1.54) is 0 Å². The van der Waals surface area contributed by atoms with Gasteiger partial charge < -0.3 is 14.2 Å². The van der Waals surface area contributed by atoms with Gasteiger partial charge in [-0.05, 0) is 79.3 Å². The van der Waals surface area contributed by atoms with Gasteiger partial charge in [0, 0.05) is 34.6 Å². The van der Waals surface area contributed by atoms with E-state index in [1.54, 1.807) is 12.1 Å². The van der Waals surface area contributed by atoms with Gasteiger partial charge in [-0.25, -0.2) is 4.79 Å². The predicted molar refractivity (Wildman–Crippen MR) is 184 cm³/mol. The molecule has 5 rings (SSSR count). The molecule has 0 saturated heterocycles. The molecule has 3 aromatic rings. The van der Waals surface area contributed by atoms with Crippen LogP contribution in [0.2, 0.25) is 0 Å². The second-order valence-corrected chi connectivity index (χ2v) is 17.1. The number of ether oxygens (including phenoxy) is 3. The fraction of sp³-hybridized carbons (Fsp3) is 0.488. The molecule has 1 unspecified atom stereocenters. The molecule has 0 bridgehead atoms. The Bertz CT molecular complexity index is 1650. The van der Waals surface area contributed by atoms with Crippen molar-refractivity contribution in [2.24, 2.45) is 21.7 Å². The monoisotopic (exact) mass is 638 g/mol. The van der Waals surface area contributed by atoms with Gasteiger partial charge in [0.15, 0.2) is 5.60 Å². The number of hydrogen-bond acceptors (Lipinski definition) is 6. The summed E-state index contributed by atoms with van der Waals surface area (Å²) in [6, 6.07) is 16.9. The highest BCUT2D eigenvalue weighted by molar-refractivity contribution is 5.97. The van der Waals surface area contributed by atoms with Crippen molar-refractivity contribution in [3.05, 3.63) is 88.0 Å². The van der Waals surface area contributed by atoms with E-state index >= 15 is 0 Å². The van der Waals surface area contributed by atoms with Crippen molar-refractivity contribution in [3.63, 3.8) is 0 Å². The molecule has 0 aliphatic carbocycles. The maximum absolute atomic E-state index is 13.6. The van der Waals surface area contributed by atoms with Crippen LogP contribution >= 0.6 is 0 Å². The van der Waals surface area contributed by atoms with Gasteiger partial charge in [-0.3, -0.25) is 9.59 Å². The summed E-state index contributed by atoms with van der Waals surface area (Å²) in [4.78, 5) is 40.4. The molecule has 0 radical (unpaired) electrons. The van der Waals surface area contributed by atoms with Crippen molar-refractivity contribution in [1.82, 2.24) is 0 Å². The molecule has 0 saturated carbocycles. The van der Waals surface area contributed by atoms with Crippen LogP contribution in [0, 0.1) is 21.7 Å². The van der Waals surface area contributed by atoms with Crippen LogP contribution in [0.25, 0.3) is 0 Å². The molecular formula is C41H50O6. The lowest BCUT2D eigenvalue weighted by molar-refractivity contribution is -0.145. The Hall–Kier alpha value is -3.93. The Balaban J connectivity index is 1.58. The standard InChI is InChI=1S/C41H50O6/c1-12-25-13-16-29-28(19-25)35(43)47-41(29)30-17-14-26(21-34(42)39(8,9)23-37(2,3)4)20-32(30)46-33-22-27(15-18-31(33)41)45-36(44)40(10,11)24-38(5,6)7/h13-20,22H,12,21,23-24H2,1-11H3. The first-order valence-corrected chi connectivity index (χ1v) is 16.7. The Morgan fingerprint density at radius 1 is 0.702 bits per heavy atom. The number of rotatable bonds is 8. The van der Waals surface area contributed by atoms with Crippen molar-refractivity contribution in [2.75, 3.05) is 0 Å². The summed E-state index contributed by atoms with van der Waals surface area (Å²) >= 11 is 0. The lowest BCUT2D eigenvalue weighted by Crippen LogP contribution is -2.34. The van der Waals surface area contributed by atoms with Gasteiger partial charge in [0.1, 0.15) is 23.0 Å². The van der Waals surface area contributed by atoms with Crippen LogP contribution in [-0.4, -0.2) is 17.7 Å². The Morgan fingerprint density at radius 2 is 1.26 bits per heavy atom. The van der Waals surface area contributed by atoms with Gasteiger partial charge in [-0.15, -0.1) is 0 Å². The smallest absolute Gasteiger partial charge is 0.340 e. The predicted octanol–water partition coefficient (Wildman–Crippen LogP) is 9.76. The molecule has 47 heavy (non-hydrogen) atoms. The zero-order chi connectivity index (χ0) is 34.7. The quantitative estimate of drug-likeness (QED) is 0.181. The largest absolute Gasteiger partial charge is 0.456 e. The Kier molecular flexibility index (Phi) is 8.52. The van der Waals surface area contributed by atoms with Gasteiger partial charge in [0.05, 0.1) is 11.0 Å². The molecule has 0 fully saturated rings. The summed E-state index contributed by atoms with van der Waals surface area (Å²) < 4.78 is 18.9. The Labute approximate surface area is 280 Å². The number of aryl methyl sites for hydroxylation is 1. The molecule has 1 atom stereocenters. The van der Waals surface area contributed by atoms with Crippen LogP contribution in [0.5, 0.6) is 17.2 Å². The lowest BCUT2D eigenvalue weighted by Gasteiger charge is -2.37. The first-order chi connectivity index (χ1) is 21.6. The average Bonchev–Trinajstić information content (AvgIpc) is 3.22. The van der Waals surface area contributed by atoms with Gasteiger partial charge >= 0.3 is 11.9 Å². The molecule has 0 aromatic heterocycles. The minimum Gasteiger partial charge on any atom is -0.456 e. The van der Waals surface area contributed by atoms with Gasteiger partial charge in [0.25, 0.3) is 0 Å². The van der Waals surface area contributed by atoms with E-state index < -0.39 is 22.4 Å². The second-order valence-electron chi connectivity index (χ2n) is 17.1. The zero-order valence-electron chi connectivity index (χ0n) is 30.0.